The average Bonchev–Trinajstić information content (AvgIpc) is 2.31. The van der Waals surface area contributed by atoms with Gasteiger partial charge in [-0.2, -0.15) is 0 Å². The van der Waals surface area contributed by atoms with Gasteiger partial charge in [-0.15, -0.1) is 0 Å². The van der Waals surface area contributed by atoms with E-state index in [4.69, 9.17) is 0 Å². The fraction of sp³-hybridized carbons (Fsp3) is 1.00. The molecule has 2 atom stereocenters. The van der Waals surface area contributed by atoms with Gasteiger partial charge in [-0.25, -0.2) is 0 Å². The van der Waals surface area contributed by atoms with Crippen LogP contribution in [0.25, 0.3) is 0 Å². The topological polar surface area (TPSA) is 18.5 Å². The first-order chi connectivity index (χ1) is 8.52. The van der Waals surface area contributed by atoms with E-state index in [0.29, 0.717) is 6.04 Å². The molecule has 2 unspecified atom stereocenters. The molecule has 0 aromatic carbocycles. The quantitative estimate of drug-likeness (QED) is 0.751. The van der Waals surface area contributed by atoms with E-state index in [2.05, 4.69) is 50.0 Å². The van der Waals surface area contributed by atoms with Crippen LogP contribution < -0.4 is 5.32 Å². The number of likely N-dealkylation sites (N-methyl/N-ethyl adjacent to an activating group) is 2. The summed E-state index contributed by atoms with van der Waals surface area (Å²) in [5.41, 5.74) is 0. The van der Waals surface area contributed by atoms with Crippen molar-refractivity contribution in [2.75, 3.05) is 40.3 Å². The van der Waals surface area contributed by atoms with Crippen molar-refractivity contribution in [2.24, 2.45) is 5.92 Å². The Morgan fingerprint density at radius 1 is 1.17 bits per heavy atom. The molecule has 0 bridgehead atoms. The summed E-state index contributed by atoms with van der Waals surface area (Å²) in [6.45, 7) is 11.6. The second-order valence-corrected chi connectivity index (χ2v) is 6.36. The number of nitrogens with one attached hydrogen (secondary N) is 1. The average molecular weight is 255 g/mol. The lowest BCUT2D eigenvalue weighted by atomic mass is 9.96. The minimum Gasteiger partial charge on any atom is -0.314 e. The zero-order chi connectivity index (χ0) is 13.5. The van der Waals surface area contributed by atoms with E-state index >= 15 is 0 Å². The Morgan fingerprint density at radius 2 is 1.89 bits per heavy atom. The molecule has 1 aliphatic heterocycles. The fourth-order valence-electron chi connectivity index (χ4n) is 2.81. The molecular weight excluding hydrogens is 222 g/mol. The molecule has 1 heterocycles. The van der Waals surface area contributed by atoms with Crippen molar-refractivity contribution in [1.29, 1.82) is 0 Å². The summed E-state index contributed by atoms with van der Waals surface area (Å²) in [5.74, 6) is 0.818. The maximum absolute atomic E-state index is 3.68. The Balaban J connectivity index is 2.42. The predicted octanol–water partition coefficient (Wildman–Crippen LogP) is 2.04. The summed E-state index contributed by atoms with van der Waals surface area (Å²) < 4.78 is 0. The van der Waals surface area contributed by atoms with Gasteiger partial charge in [0.15, 0.2) is 0 Å². The highest BCUT2D eigenvalue weighted by atomic mass is 15.3. The maximum Gasteiger partial charge on any atom is 0.0235 e. The van der Waals surface area contributed by atoms with Gasteiger partial charge in [-0.3, -0.25) is 0 Å². The van der Waals surface area contributed by atoms with E-state index < -0.39 is 0 Å². The standard InChI is InChI=1S/C15H33N3/c1-6-16-14(8-7-13(2)3)11-15-12-17(4)9-10-18(15)5/h13-16H,6-12H2,1-5H3. The zero-order valence-electron chi connectivity index (χ0n) is 13.1. The molecule has 1 rings (SSSR count). The number of rotatable bonds is 7. The van der Waals surface area contributed by atoms with Gasteiger partial charge in [0.25, 0.3) is 0 Å². The van der Waals surface area contributed by atoms with Gasteiger partial charge >= 0.3 is 0 Å². The Labute approximate surface area is 114 Å². The van der Waals surface area contributed by atoms with Crippen molar-refractivity contribution in [1.82, 2.24) is 15.1 Å². The highest BCUT2D eigenvalue weighted by Gasteiger charge is 2.24. The number of nitrogens with zero attached hydrogens (tertiary/aromatic N) is 2. The Kier molecular flexibility index (Phi) is 7.20. The van der Waals surface area contributed by atoms with Crippen LogP contribution in [-0.2, 0) is 0 Å². The van der Waals surface area contributed by atoms with Crippen LogP contribution in [0.1, 0.15) is 40.0 Å². The Hall–Kier alpha value is -0.120. The lowest BCUT2D eigenvalue weighted by Crippen LogP contribution is -2.52. The monoisotopic (exact) mass is 255 g/mol. The molecule has 0 aromatic rings. The molecule has 0 aromatic heterocycles. The third-order valence-electron chi connectivity index (χ3n) is 4.12. The Bertz CT molecular complexity index is 218. The van der Waals surface area contributed by atoms with Gasteiger partial charge in [-0.1, -0.05) is 20.8 Å². The summed E-state index contributed by atoms with van der Waals surface area (Å²) in [5, 5.41) is 3.68. The third-order valence-corrected chi connectivity index (χ3v) is 4.12. The highest BCUT2D eigenvalue weighted by molar-refractivity contribution is 4.83. The number of hydrogen-bond donors (Lipinski definition) is 1. The molecule has 18 heavy (non-hydrogen) atoms. The van der Waals surface area contributed by atoms with Crippen LogP contribution in [0.4, 0.5) is 0 Å². The first-order valence-electron chi connectivity index (χ1n) is 7.65. The Morgan fingerprint density at radius 3 is 2.50 bits per heavy atom. The maximum atomic E-state index is 3.68. The van der Waals surface area contributed by atoms with E-state index in [-0.39, 0.29) is 0 Å². The molecule has 0 amide bonds. The predicted molar refractivity (Wildman–Crippen MR) is 80.1 cm³/mol. The molecule has 1 fully saturated rings. The van der Waals surface area contributed by atoms with Crippen molar-refractivity contribution in [3.63, 3.8) is 0 Å². The zero-order valence-corrected chi connectivity index (χ0v) is 13.1. The van der Waals surface area contributed by atoms with Gasteiger partial charge in [0.05, 0.1) is 0 Å². The molecule has 3 nitrogen and oxygen atoms in total. The molecule has 1 saturated heterocycles. The van der Waals surface area contributed by atoms with Crippen LogP contribution in [0, 0.1) is 5.92 Å². The van der Waals surface area contributed by atoms with E-state index in [0.717, 1.165) is 18.5 Å². The first-order valence-corrected chi connectivity index (χ1v) is 7.65. The minimum absolute atomic E-state index is 0.691. The lowest BCUT2D eigenvalue weighted by molar-refractivity contribution is 0.0997. The summed E-state index contributed by atoms with van der Waals surface area (Å²) in [6.07, 6.45) is 3.95. The first kappa shape index (κ1) is 15.9. The summed E-state index contributed by atoms with van der Waals surface area (Å²) in [6, 6.07) is 1.41. The molecule has 108 valence electrons. The van der Waals surface area contributed by atoms with E-state index in [1.54, 1.807) is 0 Å². The molecule has 1 aliphatic rings. The van der Waals surface area contributed by atoms with Crippen molar-refractivity contribution in [3.05, 3.63) is 0 Å². The third kappa shape index (κ3) is 5.68. The molecule has 3 heteroatoms. The van der Waals surface area contributed by atoms with Crippen molar-refractivity contribution >= 4 is 0 Å². The minimum atomic E-state index is 0.691. The molecule has 0 saturated carbocycles. The van der Waals surface area contributed by atoms with Crippen LogP contribution in [0.2, 0.25) is 0 Å². The molecule has 0 aliphatic carbocycles. The van der Waals surface area contributed by atoms with Crippen LogP contribution >= 0.6 is 0 Å². The largest absolute Gasteiger partial charge is 0.314 e. The van der Waals surface area contributed by atoms with Crippen molar-refractivity contribution in [3.8, 4) is 0 Å². The summed E-state index contributed by atoms with van der Waals surface area (Å²) in [7, 11) is 4.53. The number of piperazine rings is 1. The number of hydrogen-bond acceptors (Lipinski definition) is 3. The van der Waals surface area contributed by atoms with Gasteiger partial charge in [0.1, 0.15) is 0 Å². The summed E-state index contributed by atoms with van der Waals surface area (Å²) in [4.78, 5) is 5.01. The van der Waals surface area contributed by atoms with Gasteiger partial charge in [0.2, 0.25) is 0 Å². The molecule has 0 spiro atoms. The molecule has 1 N–H and O–H groups in total. The van der Waals surface area contributed by atoms with Gasteiger partial charge < -0.3 is 15.1 Å². The van der Waals surface area contributed by atoms with Gasteiger partial charge in [0, 0.05) is 31.7 Å². The highest BCUT2D eigenvalue weighted by Crippen LogP contribution is 2.16. The van der Waals surface area contributed by atoms with E-state index in [1.165, 1.54) is 38.9 Å². The van der Waals surface area contributed by atoms with Gasteiger partial charge in [-0.05, 0) is 45.8 Å². The van der Waals surface area contributed by atoms with Crippen LogP contribution in [0.15, 0.2) is 0 Å². The molecule has 0 radical (unpaired) electrons. The lowest BCUT2D eigenvalue weighted by Gasteiger charge is -2.39. The SMILES string of the molecule is CCNC(CCC(C)C)CC1CN(C)CCN1C. The fourth-order valence-corrected chi connectivity index (χ4v) is 2.81. The smallest absolute Gasteiger partial charge is 0.0235 e. The van der Waals surface area contributed by atoms with E-state index in [9.17, 15) is 0 Å². The van der Waals surface area contributed by atoms with Crippen LogP contribution in [0.3, 0.4) is 0 Å². The van der Waals surface area contributed by atoms with E-state index in [1.807, 2.05) is 0 Å². The summed E-state index contributed by atoms with van der Waals surface area (Å²) >= 11 is 0. The second kappa shape index (κ2) is 8.13. The second-order valence-electron chi connectivity index (χ2n) is 6.36. The van der Waals surface area contributed by atoms with Crippen LogP contribution in [-0.4, -0.2) is 62.2 Å². The van der Waals surface area contributed by atoms with Crippen molar-refractivity contribution in [2.45, 2.75) is 52.1 Å². The van der Waals surface area contributed by atoms with Crippen molar-refractivity contribution < 1.29 is 0 Å². The normalized spacial score (nSPS) is 24.7. The molecular formula is C15H33N3. The van der Waals surface area contributed by atoms with Crippen LogP contribution in [0.5, 0.6) is 0 Å².